The number of carbonyl (C=O) groups excluding carboxylic acids is 2. The molecule has 144 valence electrons. The van der Waals surface area contributed by atoms with Gasteiger partial charge in [-0.25, -0.2) is 0 Å². The van der Waals surface area contributed by atoms with Crippen LogP contribution >= 0.6 is 12.4 Å². The molecule has 3 rings (SSSR count). The molecule has 7 heteroatoms. The van der Waals surface area contributed by atoms with E-state index < -0.39 is 0 Å². The Morgan fingerprint density at radius 1 is 1.19 bits per heavy atom. The molecule has 0 atom stereocenters. The van der Waals surface area contributed by atoms with Crippen molar-refractivity contribution in [2.24, 2.45) is 5.73 Å². The molecule has 0 aromatic heterocycles. The number of nitrogens with one attached hydrogen (secondary N) is 2. The summed E-state index contributed by atoms with van der Waals surface area (Å²) in [6.45, 7) is 0.939. The second kappa shape index (κ2) is 9.94. The van der Waals surface area contributed by atoms with E-state index in [-0.39, 0.29) is 24.2 Å². The molecule has 2 amide bonds. The number of benzene rings is 2. The van der Waals surface area contributed by atoms with Gasteiger partial charge in [-0.05, 0) is 54.3 Å². The second-order valence-electron chi connectivity index (χ2n) is 6.28. The summed E-state index contributed by atoms with van der Waals surface area (Å²) in [7, 11) is 0. The molecule has 0 fully saturated rings. The largest absolute Gasteiger partial charge is 0.492 e. The highest BCUT2D eigenvalue weighted by molar-refractivity contribution is 5.99. The summed E-state index contributed by atoms with van der Waals surface area (Å²) >= 11 is 0. The van der Waals surface area contributed by atoms with Crippen LogP contribution in [0.25, 0.3) is 0 Å². The fourth-order valence-electron chi connectivity index (χ4n) is 2.93. The molecule has 6 nitrogen and oxygen atoms in total. The molecule has 0 radical (unpaired) electrons. The Bertz CT molecular complexity index is 794. The van der Waals surface area contributed by atoms with Gasteiger partial charge >= 0.3 is 0 Å². The predicted molar refractivity (Wildman–Crippen MR) is 109 cm³/mol. The Hall–Kier alpha value is -2.57. The van der Waals surface area contributed by atoms with Crippen molar-refractivity contribution in [1.29, 1.82) is 0 Å². The smallest absolute Gasteiger partial charge is 0.228 e. The maximum Gasteiger partial charge on any atom is 0.228 e. The van der Waals surface area contributed by atoms with E-state index in [4.69, 9.17) is 10.5 Å². The molecule has 1 heterocycles. The van der Waals surface area contributed by atoms with Crippen molar-refractivity contribution in [3.63, 3.8) is 0 Å². The summed E-state index contributed by atoms with van der Waals surface area (Å²) in [5.74, 6) is 0.757. The molecule has 0 bridgehead atoms. The lowest BCUT2D eigenvalue weighted by atomic mass is 10.0. The van der Waals surface area contributed by atoms with Crippen molar-refractivity contribution in [2.45, 2.75) is 25.7 Å². The molecule has 2 aromatic carbocycles. The first-order valence-corrected chi connectivity index (χ1v) is 8.78. The van der Waals surface area contributed by atoms with Crippen LogP contribution in [0.5, 0.6) is 5.75 Å². The molecule has 0 saturated carbocycles. The van der Waals surface area contributed by atoms with Crippen LogP contribution in [0.2, 0.25) is 0 Å². The quantitative estimate of drug-likeness (QED) is 0.647. The van der Waals surface area contributed by atoms with Crippen molar-refractivity contribution < 1.29 is 14.3 Å². The zero-order chi connectivity index (χ0) is 18.4. The number of amides is 2. The molecular weight excluding hydrogens is 366 g/mol. The van der Waals surface area contributed by atoms with Crippen LogP contribution in [0.3, 0.4) is 0 Å². The Morgan fingerprint density at radius 2 is 1.96 bits per heavy atom. The van der Waals surface area contributed by atoms with E-state index in [1.165, 1.54) is 0 Å². The predicted octanol–water partition coefficient (Wildman–Crippen LogP) is 2.90. The Labute approximate surface area is 164 Å². The summed E-state index contributed by atoms with van der Waals surface area (Å²) in [5, 5.41) is 5.71. The van der Waals surface area contributed by atoms with Gasteiger partial charge in [-0.1, -0.05) is 12.1 Å². The average Bonchev–Trinajstić information content (AvgIpc) is 3.00. The number of nitrogens with two attached hydrogens (primary N) is 1. The number of rotatable bonds is 8. The van der Waals surface area contributed by atoms with Gasteiger partial charge in [0.2, 0.25) is 11.8 Å². The number of ether oxygens (including phenoxy) is 1. The second-order valence-corrected chi connectivity index (χ2v) is 6.28. The lowest BCUT2D eigenvalue weighted by molar-refractivity contribution is -0.116. The Kier molecular flexibility index (Phi) is 7.64. The van der Waals surface area contributed by atoms with Gasteiger partial charge in [-0.3, -0.25) is 9.59 Å². The molecular formula is C20H24ClN3O3. The SMILES string of the molecule is Cl.NCCOc1ccc(NC(=O)CCCc2ccc3c(c2)CC(=O)N3)cc1. The fourth-order valence-corrected chi connectivity index (χ4v) is 2.93. The molecule has 0 spiro atoms. The third kappa shape index (κ3) is 5.98. The summed E-state index contributed by atoms with van der Waals surface area (Å²) in [6.07, 6.45) is 2.44. The van der Waals surface area contributed by atoms with E-state index in [0.717, 1.165) is 41.1 Å². The first-order chi connectivity index (χ1) is 12.6. The number of anilines is 2. The molecule has 1 aliphatic rings. The van der Waals surface area contributed by atoms with Gasteiger partial charge in [-0.2, -0.15) is 0 Å². The van der Waals surface area contributed by atoms with Gasteiger partial charge < -0.3 is 21.1 Å². The maximum absolute atomic E-state index is 12.1. The van der Waals surface area contributed by atoms with Crippen LogP contribution in [-0.4, -0.2) is 25.0 Å². The lowest BCUT2D eigenvalue weighted by Crippen LogP contribution is -2.12. The summed E-state index contributed by atoms with van der Waals surface area (Å²) < 4.78 is 5.40. The normalized spacial score (nSPS) is 12.0. The highest BCUT2D eigenvalue weighted by Gasteiger charge is 2.17. The molecule has 1 aliphatic heterocycles. The number of carbonyl (C=O) groups is 2. The van der Waals surface area contributed by atoms with E-state index in [2.05, 4.69) is 10.6 Å². The van der Waals surface area contributed by atoms with Crippen LogP contribution in [0.1, 0.15) is 24.0 Å². The van der Waals surface area contributed by atoms with E-state index in [9.17, 15) is 9.59 Å². The van der Waals surface area contributed by atoms with E-state index in [1.807, 2.05) is 42.5 Å². The number of halogens is 1. The molecule has 0 unspecified atom stereocenters. The van der Waals surface area contributed by atoms with E-state index >= 15 is 0 Å². The summed E-state index contributed by atoms with van der Waals surface area (Å²) in [4.78, 5) is 23.5. The lowest BCUT2D eigenvalue weighted by Gasteiger charge is -2.08. The number of aryl methyl sites for hydroxylation is 1. The minimum Gasteiger partial charge on any atom is -0.492 e. The molecule has 0 aliphatic carbocycles. The third-order valence-corrected chi connectivity index (χ3v) is 4.19. The molecule has 2 aromatic rings. The van der Waals surface area contributed by atoms with Crippen LogP contribution in [0, 0.1) is 0 Å². The van der Waals surface area contributed by atoms with Crippen LogP contribution in [0.4, 0.5) is 11.4 Å². The van der Waals surface area contributed by atoms with Crippen LogP contribution in [0.15, 0.2) is 42.5 Å². The highest BCUT2D eigenvalue weighted by atomic mass is 35.5. The monoisotopic (exact) mass is 389 g/mol. The number of hydrogen-bond acceptors (Lipinski definition) is 4. The Balaban J connectivity index is 0.00000261. The standard InChI is InChI=1S/C20H23N3O3.ClH/c21-10-11-26-17-7-5-16(6-8-17)22-19(24)3-1-2-14-4-9-18-15(12-14)13-20(25)23-18;/h4-9,12H,1-3,10-11,13,21H2,(H,22,24)(H,23,25);1H. The van der Waals surface area contributed by atoms with Gasteiger partial charge in [-0.15, -0.1) is 12.4 Å². The van der Waals surface area contributed by atoms with Crippen LogP contribution in [-0.2, 0) is 22.4 Å². The molecule has 0 saturated heterocycles. The first kappa shape index (κ1) is 20.7. The van der Waals surface area contributed by atoms with Gasteiger partial charge in [0, 0.05) is 24.3 Å². The van der Waals surface area contributed by atoms with Crippen LogP contribution < -0.4 is 21.1 Å². The fraction of sp³-hybridized carbons (Fsp3) is 0.300. The van der Waals surface area contributed by atoms with Gasteiger partial charge in [0.05, 0.1) is 6.42 Å². The summed E-state index contributed by atoms with van der Waals surface area (Å²) in [6, 6.07) is 13.2. The minimum absolute atomic E-state index is 0. The minimum atomic E-state index is -0.0152. The number of hydrogen-bond donors (Lipinski definition) is 3. The third-order valence-electron chi connectivity index (χ3n) is 4.19. The molecule has 4 N–H and O–H groups in total. The van der Waals surface area contributed by atoms with Gasteiger partial charge in [0.1, 0.15) is 12.4 Å². The van der Waals surface area contributed by atoms with Crippen molar-refractivity contribution in [1.82, 2.24) is 0 Å². The topological polar surface area (TPSA) is 93.4 Å². The van der Waals surface area contributed by atoms with Crippen molar-refractivity contribution in [3.05, 3.63) is 53.6 Å². The van der Waals surface area contributed by atoms with Crippen molar-refractivity contribution in [2.75, 3.05) is 23.8 Å². The first-order valence-electron chi connectivity index (χ1n) is 8.78. The Morgan fingerprint density at radius 3 is 2.70 bits per heavy atom. The zero-order valence-corrected chi connectivity index (χ0v) is 15.8. The number of fused-ring (bicyclic) bond motifs is 1. The zero-order valence-electron chi connectivity index (χ0n) is 15.0. The van der Waals surface area contributed by atoms with Gasteiger partial charge in [0.25, 0.3) is 0 Å². The molecule has 27 heavy (non-hydrogen) atoms. The van der Waals surface area contributed by atoms with Gasteiger partial charge in [0.15, 0.2) is 0 Å². The van der Waals surface area contributed by atoms with Crippen molar-refractivity contribution in [3.8, 4) is 5.75 Å². The van der Waals surface area contributed by atoms with E-state index in [0.29, 0.717) is 26.0 Å². The highest BCUT2D eigenvalue weighted by Crippen LogP contribution is 2.24. The summed E-state index contributed by atoms with van der Waals surface area (Å²) in [5.41, 5.74) is 9.22. The maximum atomic E-state index is 12.1. The van der Waals surface area contributed by atoms with E-state index in [1.54, 1.807) is 0 Å². The van der Waals surface area contributed by atoms with Crippen molar-refractivity contribution >= 4 is 35.6 Å². The average molecular weight is 390 g/mol.